The van der Waals surface area contributed by atoms with Gasteiger partial charge in [-0.2, -0.15) is 0 Å². The molecular weight excluding hydrogens is 190 g/mol. The molecule has 1 atom stereocenters. The van der Waals surface area contributed by atoms with E-state index in [9.17, 15) is 4.79 Å². The van der Waals surface area contributed by atoms with E-state index >= 15 is 0 Å². The van der Waals surface area contributed by atoms with Crippen molar-refractivity contribution in [3.05, 3.63) is 0 Å². The van der Waals surface area contributed by atoms with E-state index in [-0.39, 0.29) is 0 Å². The second-order valence-electron chi connectivity index (χ2n) is 4.20. The highest BCUT2D eigenvalue weighted by Gasteiger charge is 2.22. The van der Waals surface area contributed by atoms with Gasteiger partial charge in [-0.25, -0.2) is 0 Å². The number of carbonyl (C=O) groups is 1. The summed E-state index contributed by atoms with van der Waals surface area (Å²) in [6.45, 7) is 3.22. The maximum absolute atomic E-state index is 10.4. The van der Waals surface area contributed by atoms with E-state index in [1.807, 2.05) is 0 Å². The first kappa shape index (κ1) is 12.1. The number of likely N-dealkylation sites (tertiary alicyclic amines) is 1. The van der Waals surface area contributed by atoms with Gasteiger partial charge < -0.3 is 10.0 Å². The Hall–Kier alpha value is -1.01. The molecule has 15 heavy (non-hydrogen) atoms. The highest BCUT2D eigenvalue weighted by molar-refractivity contribution is 5.66. The number of nitrogens with zero attached hydrogens (tertiary/aromatic N) is 1. The van der Waals surface area contributed by atoms with Crippen molar-refractivity contribution in [2.24, 2.45) is 5.92 Å². The minimum atomic E-state index is -0.680. The number of carboxylic acids is 1. The molecule has 0 bridgehead atoms. The molecule has 0 aromatic heterocycles. The largest absolute Gasteiger partial charge is 0.481 e. The van der Waals surface area contributed by atoms with Crippen LogP contribution in [0.2, 0.25) is 0 Å². The number of carboxylic acid groups (broad SMARTS) is 1. The van der Waals surface area contributed by atoms with Crippen LogP contribution < -0.4 is 0 Å². The van der Waals surface area contributed by atoms with Crippen molar-refractivity contribution in [1.29, 1.82) is 0 Å². The van der Waals surface area contributed by atoms with Gasteiger partial charge in [-0.3, -0.25) is 4.79 Å². The Labute approximate surface area is 91.5 Å². The maximum Gasteiger partial charge on any atom is 0.303 e. The zero-order valence-corrected chi connectivity index (χ0v) is 9.11. The molecule has 1 heterocycles. The van der Waals surface area contributed by atoms with E-state index in [0.717, 1.165) is 45.3 Å². The first-order valence-corrected chi connectivity index (χ1v) is 5.60. The third-order valence-electron chi connectivity index (χ3n) is 2.93. The van der Waals surface area contributed by atoms with Crippen molar-refractivity contribution >= 4 is 5.97 Å². The molecule has 1 aliphatic rings. The lowest BCUT2D eigenvalue weighted by molar-refractivity contribution is -0.137. The monoisotopic (exact) mass is 209 g/mol. The van der Waals surface area contributed by atoms with Crippen LogP contribution in [0.3, 0.4) is 0 Å². The molecule has 0 amide bonds. The molecule has 1 N–H and O–H groups in total. The van der Waals surface area contributed by atoms with Crippen molar-refractivity contribution in [2.45, 2.75) is 32.1 Å². The number of terminal acetylenes is 1. The Morgan fingerprint density at radius 3 is 3.07 bits per heavy atom. The number of hydrogen-bond acceptors (Lipinski definition) is 2. The summed E-state index contributed by atoms with van der Waals surface area (Å²) in [5, 5.41) is 8.58. The number of aliphatic carboxylic acids is 1. The lowest BCUT2D eigenvalue weighted by atomic mass is 10.0. The Bertz CT molecular complexity index is 244. The zero-order valence-electron chi connectivity index (χ0n) is 9.11. The molecule has 0 radical (unpaired) electrons. The quantitative estimate of drug-likeness (QED) is 0.533. The molecule has 0 spiro atoms. The van der Waals surface area contributed by atoms with Gasteiger partial charge in [0.25, 0.3) is 0 Å². The minimum absolute atomic E-state index is 0.308. The van der Waals surface area contributed by atoms with E-state index in [1.54, 1.807) is 0 Å². The van der Waals surface area contributed by atoms with Gasteiger partial charge >= 0.3 is 5.97 Å². The normalized spacial score (nSPS) is 21.4. The van der Waals surface area contributed by atoms with Crippen LogP contribution in [0.5, 0.6) is 0 Å². The predicted molar refractivity (Wildman–Crippen MR) is 59.5 cm³/mol. The second-order valence-corrected chi connectivity index (χ2v) is 4.20. The molecule has 1 fully saturated rings. The molecular formula is C12H19NO2. The van der Waals surface area contributed by atoms with E-state index in [2.05, 4.69) is 10.8 Å². The summed E-state index contributed by atoms with van der Waals surface area (Å²) in [5.41, 5.74) is 0. The Balaban J connectivity index is 2.10. The van der Waals surface area contributed by atoms with Crippen molar-refractivity contribution in [3.63, 3.8) is 0 Å². The average Bonchev–Trinajstić information content (AvgIpc) is 2.63. The van der Waals surface area contributed by atoms with Crippen molar-refractivity contribution in [3.8, 4) is 12.3 Å². The number of rotatable bonds is 6. The van der Waals surface area contributed by atoms with E-state index < -0.39 is 5.97 Å². The van der Waals surface area contributed by atoms with Crippen LogP contribution in [-0.2, 0) is 4.79 Å². The topological polar surface area (TPSA) is 40.5 Å². The predicted octanol–water partition coefficient (Wildman–Crippen LogP) is 1.59. The van der Waals surface area contributed by atoms with Crippen LogP contribution in [-0.4, -0.2) is 35.6 Å². The zero-order chi connectivity index (χ0) is 11.1. The third kappa shape index (κ3) is 4.85. The smallest absolute Gasteiger partial charge is 0.303 e. The minimum Gasteiger partial charge on any atom is -0.481 e. The van der Waals surface area contributed by atoms with Crippen molar-refractivity contribution in [1.82, 2.24) is 4.90 Å². The Kier molecular flexibility index (Phi) is 5.20. The first-order valence-electron chi connectivity index (χ1n) is 5.60. The highest BCUT2D eigenvalue weighted by atomic mass is 16.4. The molecule has 0 saturated carbocycles. The first-order chi connectivity index (χ1) is 7.22. The molecule has 3 heteroatoms. The van der Waals surface area contributed by atoms with Gasteiger partial charge in [-0.05, 0) is 38.3 Å². The number of unbranched alkanes of at least 4 members (excludes halogenated alkanes) is 1. The molecule has 84 valence electrons. The molecule has 0 aromatic carbocycles. The van der Waals surface area contributed by atoms with Crippen LogP contribution in [0.4, 0.5) is 0 Å². The fourth-order valence-electron chi connectivity index (χ4n) is 2.08. The SMILES string of the molecule is C#CCCCN1CCC(CCC(=O)O)C1. The van der Waals surface area contributed by atoms with Crippen molar-refractivity contribution in [2.75, 3.05) is 19.6 Å². The van der Waals surface area contributed by atoms with Crippen LogP contribution >= 0.6 is 0 Å². The van der Waals surface area contributed by atoms with E-state index in [4.69, 9.17) is 11.5 Å². The van der Waals surface area contributed by atoms with Gasteiger partial charge in [0.2, 0.25) is 0 Å². The number of hydrogen-bond donors (Lipinski definition) is 1. The van der Waals surface area contributed by atoms with Gasteiger partial charge in [-0.1, -0.05) is 0 Å². The summed E-state index contributed by atoms with van der Waals surface area (Å²) in [6, 6.07) is 0. The summed E-state index contributed by atoms with van der Waals surface area (Å²) in [5.74, 6) is 2.53. The van der Waals surface area contributed by atoms with Gasteiger partial charge in [0.1, 0.15) is 0 Å². The molecule has 3 nitrogen and oxygen atoms in total. The standard InChI is InChI=1S/C12H19NO2/c1-2-3-4-8-13-9-7-11(10-13)5-6-12(14)15/h1,11H,3-10H2,(H,14,15). The highest BCUT2D eigenvalue weighted by Crippen LogP contribution is 2.21. The lowest BCUT2D eigenvalue weighted by Gasteiger charge is -2.14. The molecule has 1 aliphatic heterocycles. The van der Waals surface area contributed by atoms with Crippen LogP contribution in [0.15, 0.2) is 0 Å². The fraction of sp³-hybridized carbons (Fsp3) is 0.750. The van der Waals surface area contributed by atoms with Gasteiger partial charge in [-0.15, -0.1) is 12.3 Å². The molecule has 1 saturated heterocycles. The van der Waals surface area contributed by atoms with Crippen LogP contribution in [0, 0.1) is 18.3 Å². The molecule has 0 aliphatic carbocycles. The van der Waals surface area contributed by atoms with Crippen LogP contribution in [0.25, 0.3) is 0 Å². The maximum atomic E-state index is 10.4. The van der Waals surface area contributed by atoms with Crippen LogP contribution in [0.1, 0.15) is 32.1 Å². The third-order valence-corrected chi connectivity index (χ3v) is 2.93. The molecule has 1 unspecified atom stereocenters. The fourth-order valence-corrected chi connectivity index (χ4v) is 2.08. The van der Waals surface area contributed by atoms with Gasteiger partial charge in [0.05, 0.1) is 0 Å². The molecule has 0 aromatic rings. The summed E-state index contributed by atoms with van der Waals surface area (Å²) in [6.07, 6.45) is 9.36. The van der Waals surface area contributed by atoms with Gasteiger partial charge in [0.15, 0.2) is 0 Å². The Morgan fingerprint density at radius 2 is 2.40 bits per heavy atom. The summed E-state index contributed by atoms with van der Waals surface area (Å²) < 4.78 is 0. The Morgan fingerprint density at radius 1 is 1.60 bits per heavy atom. The summed E-state index contributed by atoms with van der Waals surface area (Å²) >= 11 is 0. The summed E-state index contributed by atoms with van der Waals surface area (Å²) in [7, 11) is 0. The van der Waals surface area contributed by atoms with Crippen molar-refractivity contribution < 1.29 is 9.90 Å². The van der Waals surface area contributed by atoms with Gasteiger partial charge in [0, 0.05) is 19.4 Å². The molecule has 1 rings (SSSR count). The van der Waals surface area contributed by atoms with E-state index in [0.29, 0.717) is 12.3 Å². The lowest BCUT2D eigenvalue weighted by Crippen LogP contribution is -2.22. The van der Waals surface area contributed by atoms with E-state index in [1.165, 1.54) is 0 Å². The summed E-state index contributed by atoms with van der Waals surface area (Å²) in [4.78, 5) is 12.8. The second kappa shape index (κ2) is 6.47. The average molecular weight is 209 g/mol.